The Kier molecular flexibility index (Phi) is 5.19. The molecule has 0 aromatic carbocycles. The number of aromatic nitrogens is 2. The minimum absolute atomic E-state index is 0.695. The van der Waals surface area contributed by atoms with Crippen molar-refractivity contribution in [3.05, 3.63) is 18.0 Å². The highest BCUT2D eigenvalue weighted by Gasteiger charge is 2.02. The number of anilines is 1. The standard InChI is InChI=1S/C12H22N4/c1-10(2)7-13-5-6-16(4)12-14-8-11(3)9-15-12/h8-10,13H,5-7H2,1-4H3. The van der Waals surface area contributed by atoms with Crippen LogP contribution in [0.15, 0.2) is 12.4 Å². The van der Waals surface area contributed by atoms with E-state index in [0.29, 0.717) is 5.92 Å². The Morgan fingerprint density at radius 3 is 2.50 bits per heavy atom. The number of rotatable bonds is 6. The summed E-state index contributed by atoms with van der Waals surface area (Å²) in [5.41, 5.74) is 1.09. The average molecular weight is 222 g/mol. The molecule has 0 bridgehead atoms. The zero-order valence-electron chi connectivity index (χ0n) is 10.7. The Morgan fingerprint density at radius 1 is 1.31 bits per heavy atom. The van der Waals surface area contributed by atoms with Gasteiger partial charge < -0.3 is 10.2 Å². The zero-order valence-corrected chi connectivity index (χ0v) is 10.7. The summed E-state index contributed by atoms with van der Waals surface area (Å²) >= 11 is 0. The normalized spacial score (nSPS) is 10.8. The van der Waals surface area contributed by atoms with Gasteiger partial charge in [-0.15, -0.1) is 0 Å². The van der Waals surface area contributed by atoms with Gasteiger partial charge in [0.15, 0.2) is 0 Å². The van der Waals surface area contributed by atoms with E-state index in [1.54, 1.807) is 0 Å². The molecule has 0 saturated carbocycles. The molecular formula is C12H22N4. The van der Waals surface area contributed by atoms with Crippen molar-refractivity contribution in [2.75, 3.05) is 31.6 Å². The van der Waals surface area contributed by atoms with Crippen LogP contribution in [0.3, 0.4) is 0 Å². The maximum Gasteiger partial charge on any atom is 0.225 e. The van der Waals surface area contributed by atoms with Gasteiger partial charge in [-0.05, 0) is 24.9 Å². The molecule has 1 aromatic heterocycles. The summed E-state index contributed by atoms with van der Waals surface area (Å²) in [4.78, 5) is 10.6. The molecule has 16 heavy (non-hydrogen) atoms. The van der Waals surface area contributed by atoms with Crippen molar-refractivity contribution in [2.24, 2.45) is 5.92 Å². The van der Waals surface area contributed by atoms with Crippen LogP contribution < -0.4 is 10.2 Å². The Balaban J connectivity index is 2.29. The third-order valence-electron chi connectivity index (χ3n) is 2.29. The first-order chi connectivity index (χ1) is 7.59. The molecule has 0 fully saturated rings. The Hall–Kier alpha value is -1.16. The minimum Gasteiger partial charge on any atom is -0.343 e. The molecule has 0 atom stereocenters. The Bertz CT molecular complexity index is 294. The lowest BCUT2D eigenvalue weighted by Crippen LogP contribution is -2.31. The highest BCUT2D eigenvalue weighted by atomic mass is 15.2. The van der Waals surface area contributed by atoms with Crippen LogP contribution in [0.5, 0.6) is 0 Å². The molecule has 1 aromatic rings. The van der Waals surface area contributed by atoms with E-state index < -0.39 is 0 Å². The monoisotopic (exact) mass is 222 g/mol. The summed E-state index contributed by atoms with van der Waals surface area (Å²) in [7, 11) is 2.02. The second-order valence-electron chi connectivity index (χ2n) is 4.58. The molecule has 0 aliphatic carbocycles. The van der Waals surface area contributed by atoms with Gasteiger partial charge in [-0.3, -0.25) is 0 Å². The Labute approximate surface area is 98.1 Å². The average Bonchev–Trinajstić information content (AvgIpc) is 2.25. The third kappa shape index (κ3) is 4.57. The summed E-state index contributed by atoms with van der Waals surface area (Å²) in [6.07, 6.45) is 3.70. The second kappa shape index (κ2) is 6.43. The van der Waals surface area contributed by atoms with E-state index in [1.807, 2.05) is 26.4 Å². The van der Waals surface area contributed by atoms with Gasteiger partial charge in [0.25, 0.3) is 0 Å². The molecule has 0 radical (unpaired) electrons. The van der Waals surface area contributed by atoms with Crippen molar-refractivity contribution in [1.82, 2.24) is 15.3 Å². The SMILES string of the molecule is Cc1cnc(N(C)CCNCC(C)C)nc1. The first-order valence-corrected chi connectivity index (χ1v) is 5.80. The van der Waals surface area contributed by atoms with Crippen molar-refractivity contribution in [2.45, 2.75) is 20.8 Å². The zero-order chi connectivity index (χ0) is 12.0. The molecule has 0 unspecified atom stereocenters. The maximum absolute atomic E-state index is 4.28. The topological polar surface area (TPSA) is 41.1 Å². The molecule has 0 spiro atoms. The van der Waals surface area contributed by atoms with Crippen molar-refractivity contribution in [1.29, 1.82) is 0 Å². The molecule has 0 saturated heterocycles. The summed E-state index contributed by atoms with van der Waals surface area (Å²) in [6, 6.07) is 0. The number of nitrogens with zero attached hydrogens (tertiary/aromatic N) is 3. The van der Waals surface area contributed by atoms with Crippen LogP contribution in [0.1, 0.15) is 19.4 Å². The van der Waals surface area contributed by atoms with Crippen molar-refractivity contribution < 1.29 is 0 Å². The largest absolute Gasteiger partial charge is 0.343 e. The maximum atomic E-state index is 4.28. The molecule has 0 aliphatic rings. The van der Waals surface area contributed by atoms with E-state index in [-0.39, 0.29) is 0 Å². The predicted molar refractivity (Wildman–Crippen MR) is 67.7 cm³/mol. The van der Waals surface area contributed by atoms with E-state index >= 15 is 0 Å². The van der Waals surface area contributed by atoms with E-state index in [2.05, 4.69) is 34.0 Å². The number of aryl methyl sites for hydroxylation is 1. The molecular weight excluding hydrogens is 200 g/mol. The molecule has 4 heteroatoms. The lowest BCUT2D eigenvalue weighted by atomic mass is 10.2. The summed E-state index contributed by atoms with van der Waals surface area (Å²) in [5.74, 6) is 1.48. The molecule has 1 rings (SSSR count). The lowest BCUT2D eigenvalue weighted by Gasteiger charge is -2.17. The highest BCUT2D eigenvalue weighted by Crippen LogP contribution is 2.03. The van der Waals surface area contributed by atoms with E-state index in [1.165, 1.54) is 0 Å². The molecule has 0 aliphatic heterocycles. The van der Waals surface area contributed by atoms with E-state index in [9.17, 15) is 0 Å². The third-order valence-corrected chi connectivity index (χ3v) is 2.29. The molecule has 0 amide bonds. The van der Waals surface area contributed by atoms with Gasteiger partial charge in [-0.1, -0.05) is 13.8 Å². The van der Waals surface area contributed by atoms with E-state index in [4.69, 9.17) is 0 Å². The number of nitrogens with one attached hydrogen (secondary N) is 1. The van der Waals surface area contributed by atoms with Gasteiger partial charge in [0, 0.05) is 32.5 Å². The molecule has 90 valence electrons. The predicted octanol–water partition coefficient (Wildman–Crippen LogP) is 1.47. The smallest absolute Gasteiger partial charge is 0.225 e. The minimum atomic E-state index is 0.695. The molecule has 1 N–H and O–H groups in total. The van der Waals surface area contributed by atoms with Crippen LogP contribution in [-0.4, -0.2) is 36.6 Å². The lowest BCUT2D eigenvalue weighted by molar-refractivity contribution is 0.553. The van der Waals surface area contributed by atoms with Gasteiger partial charge in [-0.2, -0.15) is 0 Å². The summed E-state index contributed by atoms with van der Waals surface area (Å²) < 4.78 is 0. The first-order valence-electron chi connectivity index (χ1n) is 5.80. The van der Waals surface area contributed by atoms with Gasteiger partial charge in [-0.25, -0.2) is 9.97 Å². The number of likely N-dealkylation sites (N-methyl/N-ethyl adjacent to an activating group) is 1. The van der Waals surface area contributed by atoms with Crippen LogP contribution in [0.25, 0.3) is 0 Å². The quantitative estimate of drug-likeness (QED) is 0.740. The van der Waals surface area contributed by atoms with Crippen LogP contribution >= 0.6 is 0 Å². The number of hydrogen-bond donors (Lipinski definition) is 1. The summed E-state index contributed by atoms with van der Waals surface area (Å²) in [5, 5.41) is 3.40. The van der Waals surface area contributed by atoms with Crippen LogP contribution in [-0.2, 0) is 0 Å². The van der Waals surface area contributed by atoms with Crippen molar-refractivity contribution >= 4 is 5.95 Å². The van der Waals surface area contributed by atoms with Gasteiger partial charge >= 0.3 is 0 Å². The fraction of sp³-hybridized carbons (Fsp3) is 0.667. The van der Waals surface area contributed by atoms with E-state index in [0.717, 1.165) is 31.1 Å². The van der Waals surface area contributed by atoms with Crippen LogP contribution in [0.2, 0.25) is 0 Å². The van der Waals surface area contributed by atoms with Crippen LogP contribution in [0.4, 0.5) is 5.95 Å². The molecule has 4 nitrogen and oxygen atoms in total. The van der Waals surface area contributed by atoms with Gasteiger partial charge in [0.1, 0.15) is 0 Å². The fourth-order valence-electron chi connectivity index (χ4n) is 1.32. The van der Waals surface area contributed by atoms with Gasteiger partial charge in [0.05, 0.1) is 0 Å². The van der Waals surface area contributed by atoms with Crippen LogP contribution in [0, 0.1) is 12.8 Å². The number of hydrogen-bond acceptors (Lipinski definition) is 4. The van der Waals surface area contributed by atoms with Crippen molar-refractivity contribution in [3.63, 3.8) is 0 Å². The van der Waals surface area contributed by atoms with Gasteiger partial charge in [0.2, 0.25) is 5.95 Å². The fourth-order valence-corrected chi connectivity index (χ4v) is 1.32. The first kappa shape index (κ1) is 12.9. The van der Waals surface area contributed by atoms with Crippen molar-refractivity contribution in [3.8, 4) is 0 Å². The second-order valence-corrected chi connectivity index (χ2v) is 4.58. The summed E-state index contributed by atoms with van der Waals surface area (Å²) in [6.45, 7) is 9.36. The Morgan fingerprint density at radius 2 is 1.94 bits per heavy atom. The molecule has 1 heterocycles. The highest BCUT2D eigenvalue weighted by molar-refractivity contribution is 5.27.